The summed E-state index contributed by atoms with van der Waals surface area (Å²) in [6.45, 7) is 4.10. The lowest BCUT2D eigenvalue weighted by molar-refractivity contribution is -0.163. The second kappa shape index (κ2) is 19.6. The van der Waals surface area contributed by atoms with Gasteiger partial charge in [-0.25, -0.2) is 4.79 Å². The van der Waals surface area contributed by atoms with E-state index < -0.39 is 17.7 Å². The summed E-state index contributed by atoms with van der Waals surface area (Å²) in [5, 5.41) is 39.7. The average molecular weight is 811 g/mol. The molecule has 1 unspecified atom stereocenters. The van der Waals surface area contributed by atoms with Gasteiger partial charge in [0.05, 0.1) is 24.8 Å². The molecule has 6 aromatic rings. The van der Waals surface area contributed by atoms with Gasteiger partial charge in [0.1, 0.15) is 11.5 Å². The summed E-state index contributed by atoms with van der Waals surface area (Å²) in [6, 6.07) is 39.1. The van der Waals surface area contributed by atoms with Gasteiger partial charge < -0.3 is 40.4 Å². The molecule has 1 aliphatic rings. The highest BCUT2D eigenvalue weighted by Gasteiger charge is 2.42. The number of aliphatic hydroxyl groups is 2. The maximum Gasteiger partial charge on any atom is 0.347 e. The van der Waals surface area contributed by atoms with Crippen LogP contribution in [0.25, 0.3) is 10.9 Å². The molecule has 60 heavy (non-hydrogen) atoms. The number of ether oxygens (including phenoxy) is 2. The van der Waals surface area contributed by atoms with E-state index in [1.807, 2.05) is 36.4 Å². The van der Waals surface area contributed by atoms with E-state index in [1.165, 1.54) is 17.7 Å². The fraction of sp³-hybridized carbons (Fsp3) is 0.271. The van der Waals surface area contributed by atoms with Crippen molar-refractivity contribution in [3.8, 4) is 11.5 Å². The standard InChI is InChI=1S/C48H50N4O8/c53-42-21-19-40(41-20-22-44(55)51-45(41)42)43(54)29-49-28-33-15-17-36(18-16-33)46(56)50-24-8-26-59-39-14-7-13-38(27-39)48(58,37-11-5-2-6-12-37)47(57)60-32-35-23-25-52(31-35)30-34-9-3-1-4-10-34/h1-7,9-22,27,35,43,49,53-54,58H,8,23-26,28-32H2,(H,50,56)(H,51,55)/t35-,43-,48?/m0/s1. The van der Waals surface area contributed by atoms with Gasteiger partial charge in [-0.15, -0.1) is 0 Å². The van der Waals surface area contributed by atoms with Crippen LogP contribution in [0.1, 0.15) is 57.1 Å². The van der Waals surface area contributed by atoms with Crippen LogP contribution in [0.3, 0.4) is 0 Å². The molecule has 0 radical (unpaired) electrons. The Hall–Kier alpha value is -6.31. The third-order valence-electron chi connectivity index (χ3n) is 10.8. The zero-order valence-electron chi connectivity index (χ0n) is 33.3. The molecule has 5 aromatic carbocycles. The smallest absolute Gasteiger partial charge is 0.347 e. The Morgan fingerprint density at radius 1 is 0.867 bits per heavy atom. The summed E-state index contributed by atoms with van der Waals surface area (Å²) in [4.78, 5) is 43.3. The van der Waals surface area contributed by atoms with Crippen molar-refractivity contribution in [2.24, 2.45) is 5.92 Å². The van der Waals surface area contributed by atoms with Crippen LogP contribution >= 0.6 is 0 Å². The number of carbonyl (C=O) groups excluding carboxylic acids is 2. The number of likely N-dealkylation sites (tertiary alicyclic amines) is 1. The molecule has 2 heterocycles. The number of hydrogen-bond donors (Lipinski definition) is 6. The summed E-state index contributed by atoms with van der Waals surface area (Å²) in [7, 11) is 0. The van der Waals surface area contributed by atoms with Crippen molar-refractivity contribution in [1.29, 1.82) is 0 Å². The van der Waals surface area contributed by atoms with Gasteiger partial charge in [-0.1, -0.05) is 91.0 Å². The van der Waals surface area contributed by atoms with E-state index in [-0.39, 0.29) is 48.4 Å². The fourth-order valence-corrected chi connectivity index (χ4v) is 7.58. The first kappa shape index (κ1) is 41.8. The highest BCUT2D eigenvalue weighted by molar-refractivity contribution is 5.94. The van der Waals surface area contributed by atoms with Gasteiger partial charge in [0.25, 0.3) is 5.91 Å². The number of nitrogens with zero attached hydrogens (tertiary/aromatic N) is 1. The topological polar surface area (TPSA) is 173 Å². The van der Waals surface area contributed by atoms with Crippen LogP contribution in [0.5, 0.6) is 11.5 Å². The van der Waals surface area contributed by atoms with E-state index in [4.69, 9.17) is 9.47 Å². The number of hydrogen-bond acceptors (Lipinski definition) is 10. The highest BCUT2D eigenvalue weighted by Crippen LogP contribution is 2.34. The van der Waals surface area contributed by atoms with E-state index in [1.54, 1.807) is 72.8 Å². The summed E-state index contributed by atoms with van der Waals surface area (Å²) in [5.41, 5.74) is 1.86. The first-order chi connectivity index (χ1) is 29.2. The number of phenols is 1. The molecule has 1 amide bonds. The Balaban J connectivity index is 0.861. The first-order valence-electron chi connectivity index (χ1n) is 20.2. The molecular formula is C48H50N4O8. The van der Waals surface area contributed by atoms with Gasteiger partial charge >= 0.3 is 5.97 Å². The van der Waals surface area contributed by atoms with E-state index in [0.717, 1.165) is 31.6 Å². The lowest BCUT2D eigenvalue weighted by Gasteiger charge is -2.28. The number of carbonyl (C=O) groups is 2. The molecule has 3 atom stereocenters. The van der Waals surface area contributed by atoms with Gasteiger partial charge in [0.2, 0.25) is 11.2 Å². The van der Waals surface area contributed by atoms with Crippen molar-refractivity contribution < 1.29 is 34.4 Å². The maximum atomic E-state index is 13.8. The van der Waals surface area contributed by atoms with Gasteiger partial charge in [-0.2, -0.15) is 0 Å². The minimum atomic E-state index is -2.05. The van der Waals surface area contributed by atoms with Crippen LogP contribution in [0.4, 0.5) is 0 Å². The Kier molecular flexibility index (Phi) is 13.7. The number of rotatable bonds is 18. The van der Waals surface area contributed by atoms with Crippen molar-refractivity contribution in [3.05, 3.63) is 177 Å². The third-order valence-corrected chi connectivity index (χ3v) is 10.8. The van der Waals surface area contributed by atoms with E-state index in [0.29, 0.717) is 52.9 Å². The van der Waals surface area contributed by atoms with Crippen LogP contribution < -0.4 is 20.9 Å². The van der Waals surface area contributed by atoms with Crippen LogP contribution in [0, 0.1) is 5.92 Å². The highest BCUT2D eigenvalue weighted by atomic mass is 16.5. The molecule has 7 rings (SSSR count). The van der Waals surface area contributed by atoms with Crippen LogP contribution in [-0.4, -0.2) is 76.5 Å². The molecule has 0 saturated carbocycles. The zero-order valence-corrected chi connectivity index (χ0v) is 33.3. The number of pyridine rings is 1. The molecular weight excluding hydrogens is 761 g/mol. The molecule has 0 bridgehead atoms. The molecule has 1 fully saturated rings. The van der Waals surface area contributed by atoms with Crippen LogP contribution in [0.2, 0.25) is 0 Å². The normalized spacial score (nSPS) is 15.6. The molecule has 0 spiro atoms. The number of amides is 1. The van der Waals surface area contributed by atoms with Gasteiger partial charge in [0, 0.05) is 61.2 Å². The van der Waals surface area contributed by atoms with E-state index in [9.17, 15) is 29.7 Å². The zero-order chi connectivity index (χ0) is 41.9. The second-order valence-electron chi connectivity index (χ2n) is 15.2. The summed E-state index contributed by atoms with van der Waals surface area (Å²) in [5.74, 6) is -0.395. The van der Waals surface area contributed by atoms with Gasteiger partial charge in [-0.05, 0) is 78.0 Å². The lowest BCUT2D eigenvalue weighted by atomic mass is 9.86. The molecule has 1 saturated heterocycles. The summed E-state index contributed by atoms with van der Waals surface area (Å²) in [6.07, 6.45) is 0.531. The predicted molar refractivity (Wildman–Crippen MR) is 228 cm³/mol. The second-order valence-corrected chi connectivity index (χ2v) is 15.2. The minimum Gasteiger partial charge on any atom is -0.506 e. The lowest BCUT2D eigenvalue weighted by Crippen LogP contribution is -2.39. The predicted octanol–water partition coefficient (Wildman–Crippen LogP) is 5.56. The minimum absolute atomic E-state index is 0.0673. The van der Waals surface area contributed by atoms with Crippen molar-refractivity contribution in [2.45, 2.75) is 37.6 Å². The number of phenolic OH excluding ortho intramolecular Hbond substituents is 1. The number of fused-ring (bicyclic) bond motifs is 1. The van der Waals surface area contributed by atoms with Gasteiger partial charge in [0.15, 0.2) is 0 Å². The number of aliphatic hydroxyl groups excluding tert-OH is 1. The monoisotopic (exact) mass is 810 g/mol. The number of H-pyrrole nitrogens is 1. The van der Waals surface area contributed by atoms with Crippen molar-refractivity contribution >= 4 is 22.8 Å². The van der Waals surface area contributed by atoms with Gasteiger partial charge in [-0.3, -0.25) is 14.5 Å². The number of aromatic hydroxyl groups is 1. The number of aromatic amines is 1. The Labute approximate surface area is 348 Å². The van der Waals surface area contributed by atoms with Crippen LogP contribution in [-0.2, 0) is 28.2 Å². The molecule has 12 nitrogen and oxygen atoms in total. The van der Waals surface area contributed by atoms with E-state index in [2.05, 4.69) is 32.7 Å². The summed E-state index contributed by atoms with van der Waals surface area (Å²) >= 11 is 0. The Bertz CT molecular complexity index is 2430. The molecule has 0 aliphatic carbocycles. The Morgan fingerprint density at radius 3 is 2.40 bits per heavy atom. The third kappa shape index (κ3) is 10.3. The molecule has 12 heteroatoms. The molecule has 6 N–H and O–H groups in total. The Morgan fingerprint density at radius 2 is 1.62 bits per heavy atom. The summed E-state index contributed by atoms with van der Waals surface area (Å²) < 4.78 is 11.9. The molecule has 1 aromatic heterocycles. The van der Waals surface area contributed by atoms with E-state index >= 15 is 0 Å². The molecule has 1 aliphatic heterocycles. The number of benzene rings is 5. The SMILES string of the molecule is O=C(NCCCOc1cccc(C(O)(C(=O)OC[C@H]2CCN(Cc3ccccc3)C2)c2ccccc2)c1)c1ccc(CNC[C@H](O)c2ccc(O)c3[nH]c(=O)ccc23)cc1. The number of esters is 1. The number of aromatic nitrogens is 1. The van der Waals surface area contributed by atoms with Crippen molar-refractivity contribution in [1.82, 2.24) is 20.5 Å². The van der Waals surface area contributed by atoms with Crippen molar-refractivity contribution in [2.75, 3.05) is 39.4 Å². The van der Waals surface area contributed by atoms with Crippen molar-refractivity contribution in [3.63, 3.8) is 0 Å². The van der Waals surface area contributed by atoms with Crippen LogP contribution in [0.15, 0.2) is 138 Å². The molecule has 310 valence electrons. The number of nitrogens with one attached hydrogen (secondary N) is 3. The maximum absolute atomic E-state index is 13.8. The fourth-order valence-electron chi connectivity index (χ4n) is 7.58. The first-order valence-corrected chi connectivity index (χ1v) is 20.2. The largest absolute Gasteiger partial charge is 0.506 e. The average Bonchev–Trinajstić information content (AvgIpc) is 3.73. The quantitative estimate of drug-likeness (QED) is 0.0477.